The maximum absolute atomic E-state index is 13.3. The van der Waals surface area contributed by atoms with Crippen LogP contribution in [0, 0.1) is 0 Å². The van der Waals surface area contributed by atoms with Crippen LogP contribution >= 0.6 is 0 Å². The predicted molar refractivity (Wildman–Crippen MR) is 304 cm³/mol. The molecule has 15 nitrogen and oxygen atoms in total. The highest BCUT2D eigenvalue weighted by Gasteiger charge is 2.24. The molecule has 74 heavy (non-hydrogen) atoms. The normalized spacial score (nSPS) is 12.9. The number of Topliss-reactive ketones (excluding diaryl/α,β-unsaturated/α-hetero) is 1. The number of nitrogens with two attached hydrogens (primary N) is 3. The van der Waals surface area contributed by atoms with E-state index in [0.29, 0.717) is 84.0 Å². The molecule has 0 rings (SSSR count). The molecule has 0 aromatic heterocycles. The lowest BCUT2D eigenvalue weighted by Crippen LogP contribution is -2.49. The van der Waals surface area contributed by atoms with Crippen LogP contribution in [-0.2, 0) is 24.0 Å². The van der Waals surface area contributed by atoms with Crippen molar-refractivity contribution in [2.24, 2.45) is 17.2 Å². The average Bonchev–Trinajstić information content (AvgIpc) is 3.41. The summed E-state index contributed by atoms with van der Waals surface area (Å²) in [6, 6.07) is -3.27. The van der Waals surface area contributed by atoms with Gasteiger partial charge in [-0.1, -0.05) is 141 Å². The minimum Gasteiger partial charge on any atom is -0.394 e. The molecule has 0 saturated heterocycles. The summed E-state index contributed by atoms with van der Waals surface area (Å²) < 4.78 is 0. The number of ketones is 1. The van der Waals surface area contributed by atoms with E-state index in [9.17, 15) is 39.3 Å². The number of hydrogen-bond acceptors (Lipinski definition) is 11. The van der Waals surface area contributed by atoms with E-state index < -0.39 is 55.7 Å². The summed E-state index contributed by atoms with van der Waals surface area (Å²) in [6.45, 7) is 5.19. The summed E-state index contributed by atoms with van der Waals surface area (Å²) in [5.74, 6) is -1.01. The van der Waals surface area contributed by atoms with Gasteiger partial charge in [0.05, 0.1) is 19.8 Å². The highest BCUT2D eigenvalue weighted by Crippen LogP contribution is 2.14. The van der Waals surface area contributed by atoms with Crippen LogP contribution in [0.3, 0.4) is 0 Å². The summed E-state index contributed by atoms with van der Waals surface area (Å²) in [7, 11) is 0. The van der Waals surface area contributed by atoms with Gasteiger partial charge in [-0.3, -0.25) is 24.0 Å². The van der Waals surface area contributed by atoms with E-state index in [1.54, 1.807) is 14.7 Å². The number of aliphatic hydroxyl groups excluding tert-OH is 3. The molecule has 0 unspecified atom stereocenters. The van der Waals surface area contributed by atoms with Gasteiger partial charge in [0, 0.05) is 65.1 Å². The molecule has 0 bridgehead atoms. The molecule has 0 aliphatic carbocycles. The largest absolute Gasteiger partial charge is 0.394 e. The number of nitrogens with zero attached hydrogens (tertiary/aromatic N) is 3. The Morgan fingerprint density at radius 2 is 0.662 bits per heavy atom. The van der Waals surface area contributed by atoms with Gasteiger partial charge in [-0.15, -0.1) is 0 Å². The van der Waals surface area contributed by atoms with Gasteiger partial charge in [-0.25, -0.2) is 0 Å². The highest BCUT2D eigenvalue weighted by molar-refractivity contribution is 5.83. The number of aliphatic hydroxyl groups is 3. The van der Waals surface area contributed by atoms with Crippen LogP contribution in [-0.4, -0.2) is 143 Å². The zero-order valence-electron chi connectivity index (χ0n) is 47.3. The first kappa shape index (κ1) is 70.8. The Morgan fingerprint density at radius 3 is 1.03 bits per heavy atom. The molecule has 3 atom stereocenters. The van der Waals surface area contributed by atoms with Gasteiger partial charge in [0.2, 0.25) is 23.6 Å². The molecule has 0 spiro atoms. The van der Waals surface area contributed by atoms with Crippen molar-refractivity contribution >= 4 is 29.4 Å². The Balaban J connectivity index is 4.75. The molecule has 0 radical (unpaired) electrons. The molecular weight excluding hydrogens is 935 g/mol. The lowest BCUT2D eigenvalue weighted by atomic mass is 10.0. The minimum atomic E-state index is -1.12. The monoisotopic (exact) mass is 1050 g/mol. The van der Waals surface area contributed by atoms with E-state index in [1.807, 2.05) is 0 Å². The second-order valence-electron chi connectivity index (χ2n) is 20.8. The third-order valence-electron chi connectivity index (χ3n) is 13.9. The molecule has 0 fully saturated rings. The van der Waals surface area contributed by atoms with Gasteiger partial charge in [-0.2, -0.15) is 0 Å². The maximum atomic E-state index is 13.3. The van der Waals surface area contributed by atoms with Crippen LogP contribution in [0.1, 0.15) is 239 Å². The van der Waals surface area contributed by atoms with Gasteiger partial charge >= 0.3 is 0 Å². The smallest absolute Gasteiger partial charge is 0.241 e. The number of allylic oxidation sites excluding steroid dienone is 4. The zero-order chi connectivity index (χ0) is 54.7. The molecule has 0 saturated carbocycles. The summed E-state index contributed by atoms with van der Waals surface area (Å²) in [5.41, 5.74) is 17.8. The van der Waals surface area contributed by atoms with Crippen molar-refractivity contribution in [3.8, 4) is 0 Å². The van der Waals surface area contributed by atoms with Crippen LogP contribution < -0.4 is 22.5 Å². The number of carbonyl (C=O) groups is 5. The number of nitrogens with one attached hydrogen (secondary N) is 1. The first-order valence-electron chi connectivity index (χ1n) is 30.0. The Hall–Kier alpha value is -3.21. The Kier molecular flexibility index (Phi) is 49.6. The second-order valence-corrected chi connectivity index (χ2v) is 20.8. The molecule has 0 aromatic rings. The van der Waals surface area contributed by atoms with Crippen LogP contribution in [0.5, 0.6) is 0 Å². The van der Waals surface area contributed by atoms with Crippen molar-refractivity contribution in [1.29, 1.82) is 0 Å². The Morgan fingerprint density at radius 1 is 0.378 bits per heavy atom. The quantitative estimate of drug-likeness (QED) is 0.0224. The molecule has 0 aliphatic rings. The van der Waals surface area contributed by atoms with Crippen molar-refractivity contribution < 1.29 is 39.3 Å². The SMILES string of the molecule is CCCCCCCC/C=C\CCCCCCCC(=O)CCCCN(CCCN(CCCCN(CCCNC(=O)CCCCCCC/C=C\CCCCCCCC)C(=O)[C@@H](N)CO)C(=O)[C@@H](N)CO)C(=O)[C@@H](N)CO. The Labute approximate surface area is 451 Å². The number of unbranched alkanes of at least 4 members (excludes halogenated alkanes) is 24. The predicted octanol–water partition coefficient (Wildman–Crippen LogP) is 8.92. The first-order valence-corrected chi connectivity index (χ1v) is 30.0. The number of amides is 4. The lowest BCUT2D eigenvalue weighted by molar-refractivity contribution is -0.135. The topological polar surface area (TPSA) is 246 Å². The van der Waals surface area contributed by atoms with Crippen LogP contribution in [0.4, 0.5) is 0 Å². The number of hydrogen-bond donors (Lipinski definition) is 7. The summed E-state index contributed by atoms with van der Waals surface area (Å²) in [6.07, 6.45) is 45.2. The fraction of sp³-hybridized carbons (Fsp3) is 0.847. The summed E-state index contributed by atoms with van der Waals surface area (Å²) in [5, 5.41) is 31.9. The van der Waals surface area contributed by atoms with E-state index in [0.717, 1.165) is 51.4 Å². The molecule has 4 amide bonds. The van der Waals surface area contributed by atoms with Crippen LogP contribution in [0.15, 0.2) is 24.3 Å². The van der Waals surface area contributed by atoms with Crippen molar-refractivity contribution in [2.45, 2.75) is 257 Å². The third kappa shape index (κ3) is 41.0. The average molecular weight is 1050 g/mol. The third-order valence-corrected chi connectivity index (χ3v) is 13.9. The Bertz CT molecular complexity index is 1430. The highest BCUT2D eigenvalue weighted by atomic mass is 16.3. The van der Waals surface area contributed by atoms with Gasteiger partial charge in [0.1, 0.15) is 23.9 Å². The van der Waals surface area contributed by atoms with Crippen molar-refractivity contribution in [3.63, 3.8) is 0 Å². The first-order chi connectivity index (χ1) is 36.0. The molecule has 432 valence electrons. The van der Waals surface area contributed by atoms with E-state index in [-0.39, 0.29) is 31.3 Å². The van der Waals surface area contributed by atoms with E-state index >= 15 is 0 Å². The van der Waals surface area contributed by atoms with E-state index in [4.69, 9.17) is 17.2 Å². The number of rotatable bonds is 54. The molecule has 10 N–H and O–H groups in total. The fourth-order valence-corrected chi connectivity index (χ4v) is 9.08. The second kappa shape index (κ2) is 51.9. The van der Waals surface area contributed by atoms with Gasteiger partial charge in [-0.05, 0) is 103 Å². The maximum Gasteiger partial charge on any atom is 0.241 e. The molecule has 15 heteroatoms. The van der Waals surface area contributed by atoms with Crippen molar-refractivity contribution in [2.75, 3.05) is 65.6 Å². The minimum absolute atomic E-state index is 0.00631. The molecule has 0 aliphatic heterocycles. The lowest BCUT2D eigenvalue weighted by Gasteiger charge is -2.29. The van der Waals surface area contributed by atoms with Gasteiger partial charge in [0.25, 0.3) is 0 Å². The van der Waals surface area contributed by atoms with Crippen LogP contribution in [0.2, 0.25) is 0 Å². The summed E-state index contributed by atoms with van der Waals surface area (Å²) in [4.78, 5) is 69.4. The molecular formula is C59H113N7O8. The standard InChI is InChI=1S/C59H113N7O8/c1-3-5-7-9-11-13-15-17-19-21-23-25-27-29-31-39-52(70)40-33-34-43-65(58(73)54(61)50-68)47-38-48-66(59(74)55(62)51-69)45-36-35-44-64(57(72)53(60)49-67)46-37-42-63-56(71)41-32-30-28-26-24-22-20-18-16-14-12-10-8-6-4-2/h17-20,53-55,67-69H,3-16,21-51,60-62H2,1-2H3,(H,63,71)/b19-17-,20-18-/t53-,54-,55-/m0/s1. The molecule has 0 heterocycles. The van der Waals surface area contributed by atoms with E-state index in [1.165, 1.54) is 116 Å². The van der Waals surface area contributed by atoms with Crippen LogP contribution in [0.25, 0.3) is 0 Å². The van der Waals surface area contributed by atoms with Crippen molar-refractivity contribution in [3.05, 3.63) is 24.3 Å². The number of carbonyl (C=O) groups excluding carboxylic acids is 5. The van der Waals surface area contributed by atoms with E-state index in [2.05, 4.69) is 43.5 Å². The molecule has 0 aromatic carbocycles. The fourth-order valence-electron chi connectivity index (χ4n) is 9.08. The van der Waals surface area contributed by atoms with Crippen molar-refractivity contribution in [1.82, 2.24) is 20.0 Å². The summed E-state index contributed by atoms with van der Waals surface area (Å²) >= 11 is 0. The zero-order valence-corrected chi connectivity index (χ0v) is 47.3. The van der Waals surface area contributed by atoms with Gasteiger partial charge < -0.3 is 52.5 Å². The van der Waals surface area contributed by atoms with Gasteiger partial charge in [0.15, 0.2) is 0 Å².